The number of hydrogen-bond donors (Lipinski definition) is 2. The van der Waals surface area contributed by atoms with Crippen LogP contribution in [0.25, 0.3) is 11.3 Å². The van der Waals surface area contributed by atoms with Crippen LogP contribution >= 0.6 is 0 Å². The number of carbonyl (C=O) groups excluding carboxylic acids is 2. The summed E-state index contributed by atoms with van der Waals surface area (Å²) in [5, 5.41) is 3.19. The minimum atomic E-state index is -4.57. The van der Waals surface area contributed by atoms with Crippen LogP contribution in [0.2, 0.25) is 0 Å². The summed E-state index contributed by atoms with van der Waals surface area (Å²) in [6, 6.07) is 10.8. The molecule has 0 unspecified atom stereocenters. The lowest BCUT2D eigenvalue weighted by Crippen LogP contribution is -2.62. The number of benzene rings is 1. The number of ether oxygens (including phenoxy) is 1. The molecule has 45 heavy (non-hydrogen) atoms. The summed E-state index contributed by atoms with van der Waals surface area (Å²) < 4.78 is 47.9. The van der Waals surface area contributed by atoms with Crippen molar-refractivity contribution in [3.8, 4) is 17.0 Å². The van der Waals surface area contributed by atoms with Crippen molar-refractivity contribution in [2.75, 3.05) is 37.7 Å². The zero-order valence-corrected chi connectivity index (χ0v) is 26.4. The van der Waals surface area contributed by atoms with Gasteiger partial charge in [-0.2, -0.15) is 13.2 Å². The van der Waals surface area contributed by atoms with Gasteiger partial charge in [-0.05, 0) is 69.2 Å². The SMILES string of the molecule is CCOc1ccccc1-c1ccc(N2CCN(C(=O)C3(C(F)(F)F)CCC3)C[C@H]2CC)c(C(=O)N[C@H](CN)C2CCCCC2)n1. The Morgan fingerprint density at radius 3 is 2.42 bits per heavy atom. The second-order valence-electron chi connectivity index (χ2n) is 12.6. The first-order valence-corrected chi connectivity index (χ1v) is 16.5. The van der Waals surface area contributed by atoms with Crippen molar-refractivity contribution in [1.29, 1.82) is 0 Å². The van der Waals surface area contributed by atoms with Crippen molar-refractivity contribution in [2.24, 2.45) is 17.1 Å². The number of nitrogens with zero attached hydrogens (tertiary/aromatic N) is 3. The average Bonchev–Trinajstić information content (AvgIpc) is 3.02. The molecule has 3 N–H and O–H groups in total. The predicted octanol–water partition coefficient (Wildman–Crippen LogP) is 5.94. The highest BCUT2D eigenvalue weighted by atomic mass is 19.4. The number of rotatable bonds is 10. The van der Waals surface area contributed by atoms with Gasteiger partial charge in [0.2, 0.25) is 5.91 Å². The highest BCUT2D eigenvalue weighted by Gasteiger charge is 2.64. The van der Waals surface area contributed by atoms with Crippen molar-refractivity contribution in [2.45, 2.75) is 89.9 Å². The summed E-state index contributed by atoms with van der Waals surface area (Å²) in [5.74, 6) is -0.206. The molecule has 2 aromatic rings. The number of anilines is 1. The second-order valence-corrected chi connectivity index (χ2v) is 12.6. The normalized spacial score (nSPS) is 21.2. The van der Waals surface area contributed by atoms with Crippen LogP contribution in [0.1, 0.15) is 82.1 Å². The number of nitrogens with two attached hydrogens (primary N) is 1. The molecule has 2 amide bonds. The molecule has 1 aromatic carbocycles. The topological polar surface area (TPSA) is 101 Å². The monoisotopic (exact) mass is 629 g/mol. The van der Waals surface area contributed by atoms with Gasteiger partial charge in [-0.25, -0.2) is 4.98 Å². The summed E-state index contributed by atoms with van der Waals surface area (Å²) in [7, 11) is 0. The molecule has 246 valence electrons. The molecule has 0 bridgehead atoms. The molecule has 0 spiro atoms. The molecule has 0 radical (unpaired) electrons. The lowest BCUT2D eigenvalue weighted by molar-refractivity contribution is -0.248. The van der Waals surface area contributed by atoms with E-state index in [2.05, 4.69) is 5.32 Å². The van der Waals surface area contributed by atoms with Crippen LogP contribution in [0.15, 0.2) is 36.4 Å². The molecule has 3 fully saturated rings. The Bertz CT molecular complexity index is 1340. The second kappa shape index (κ2) is 14.0. The maximum atomic E-state index is 14.1. The van der Waals surface area contributed by atoms with Crippen LogP contribution in [0.5, 0.6) is 5.75 Å². The van der Waals surface area contributed by atoms with E-state index >= 15 is 0 Å². The van der Waals surface area contributed by atoms with Crippen molar-refractivity contribution < 1.29 is 27.5 Å². The number of nitrogens with one attached hydrogen (secondary N) is 1. The van der Waals surface area contributed by atoms with E-state index in [9.17, 15) is 22.8 Å². The summed E-state index contributed by atoms with van der Waals surface area (Å²) >= 11 is 0. The van der Waals surface area contributed by atoms with Gasteiger partial charge in [-0.15, -0.1) is 0 Å². The molecule has 2 saturated carbocycles. The molecular formula is C34H46F3N5O3. The fourth-order valence-corrected chi connectivity index (χ4v) is 7.26. The van der Waals surface area contributed by atoms with Gasteiger partial charge in [-0.1, -0.05) is 44.7 Å². The third-order valence-electron chi connectivity index (χ3n) is 10.1. The van der Waals surface area contributed by atoms with Crippen molar-refractivity contribution in [3.63, 3.8) is 0 Å². The Morgan fingerprint density at radius 1 is 1.07 bits per heavy atom. The summed E-state index contributed by atoms with van der Waals surface area (Å²) in [6.07, 6.45) is 1.52. The van der Waals surface area contributed by atoms with E-state index in [1.807, 2.05) is 55.1 Å². The maximum Gasteiger partial charge on any atom is 0.403 e. The zero-order valence-electron chi connectivity index (χ0n) is 26.4. The molecule has 11 heteroatoms. The van der Waals surface area contributed by atoms with E-state index in [0.29, 0.717) is 49.0 Å². The molecule has 2 atom stereocenters. The van der Waals surface area contributed by atoms with E-state index in [1.54, 1.807) is 0 Å². The predicted molar refractivity (Wildman–Crippen MR) is 168 cm³/mol. The number of halogens is 3. The third-order valence-corrected chi connectivity index (χ3v) is 10.1. The van der Waals surface area contributed by atoms with E-state index in [0.717, 1.165) is 31.2 Å². The average molecular weight is 630 g/mol. The third kappa shape index (κ3) is 6.64. The Labute approximate surface area is 263 Å². The first-order chi connectivity index (χ1) is 21.6. The first-order valence-electron chi connectivity index (χ1n) is 16.5. The van der Waals surface area contributed by atoms with Gasteiger partial charge in [-0.3, -0.25) is 9.59 Å². The minimum Gasteiger partial charge on any atom is -0.493 e. The Hall–Kier alpha value is -3.34. The lowest BCUT2D eigenvalue weighted by atomic mass is 9.67. The Morgan fingerprint density at radius 2 is 1.80 bits per heavy atom. The largest absolute Gasteiger partial charge is 0.493 e. The van der Waals surface area contributed by atoms with Crippen LogP contribution in [-0.4, -0.2) is 72.7 Å². The molecular weight excluding hydrogens is 583 g/mol. The van der Waals surface area contributed by atoms with Gasteiger partial charge in [0.25, 0.3) is 5.91 Å². The molecule has 2 aliphatic carbocycles. The van der Waals surface area contributed by atoms with Crippen molar-refractivity contribution >= 4 is 17.5 Å². The number of aromatic nitrogens is 1. The molecule has 1 aliphatic heterocycles. The Balaban J connectivity index is 1.47. The lowest BCUT2D eigenvalue weighted by Gasteiger charge is -2.48. The van der Waals surface area contributed by atoms with E-state index in [-0.39, 0.29) is 56.2 Å². The number of pyridine rings is 1. The Kier molecular flexibility index (Phi) is 10.3. The van der Waals surface area contributed by atoms with E-state index in [4.69, 9.17) is 15.5 Å². The molecule has 2 heterocycles. The van der Waals surface area contributed by atoms with Gasteiger partial charge in [0.15, 0.2) is 5.69 Å². The number of carbonyl (C=O) groups is 2. The number of hydrogen-bond acceptors (Lipinski definition) is 6. The molecule has 1 saturated heterocycles. The molecule has 8 nitrogen and oxygen atoms in total. The van der Waals surface area contributed by atoms with Crippen molar-refractivity contribution in [1.82, 2.24) is 15.2 Å². The van der Waals surface area contributed by atoms with Crippen LogP contribution in [-0.2, 0) is 4.79 Å². The fourth-order valence-electron chi connectivity index (χ4n) is 7.26. The van der Waals surface area contributed by atoms with Crippen LogP contribution < -0.4 is 20.7 Å². The van der Waals surface area contributed by atoms with E-state index in [1.165, 1.54) is 11.3 Å². The van der Waals surface area contributed by atoms with Crippen LogP contribution in [0.3, 0.4) is 0 Å². The minimum absolute atomic E-state index is 0.136. The van der Waals surface area contributed by atoms with Gasteiger partial charge in [0.05, 0.1) is 18.0 Å². The number of alkyl halides is 3. The molecule has 5 rings (SSSR count). The summed E-state index contributed by atoms with van der Waals surface area (Å²) in [4.78, 5) is 35.7. The van der Waals surface area contributed by atoms with Gasteiger partial charge in [0, 0.05) is 43.8 Å². The maximum absolute atomic E-state index is 14.1. The fraction of sp³-hybridized carbons (Fsp3) is 0.618. The quantitative estimate of drug-likeness (QED) is 0.337. The number of para-hydroxylation sites is 1. The highest BCUT2D eigenvalue weighted by molar-refractivity contribution is 5.99. The zero-order chi connectivity index (χ0) is 32.2. The van der Waals surface area contributed by atoms with E-state index < -0.39 is 17.5 Å². The smallest absolute Gasteiger partial charge is 0.403 e. The number of piperazine rings is 1. The van der Waals surface area contributed by atoms with Crippen LogP contribution in [0.4, 0.5) is 18.9 Å². The standard InChI is InChI=1S/C34H46F3N5O3/c1-3-24-22-41(32(44)33(17-10-18-33)34(35,36)37)19-20-42(24)28-16-15-26(25-13-8-9-14-29(25)45-4-2)39-30(28)31(43)40-27(21-38)23-11-6-5-7-12-23/h8-9,13-16,23-24,27H,3-7,10-12,17-22,38H2,1-2H3,(H,40,43)/t24-,27-/m1/s1. The number of amides is 2. The summed E-state index contributed by atoms with van der Waals surface area (Å²) in [5.41, 5.74) is 6.06. The van der Waals surface area contributed by atoms with Gasteiger partial charge >= 0.3 is 6.18 Å². The van der Waals surface area contributed by atoms with Gasteiger partial charge in [0.1, 0.15) is 11.2 Å². The van der Waals surface area contributed by atoms with Crippen LogP contribution in [0, 0.1) is 11.3 Å². The van der Waals surface area contributed by atoms with Crippen molar-refractivity contribution in [3.05, 3.63) is 42.1 Å². The molecule has 3 aliphatic rings. The van der Waals surface area contributed by atoms with Gasteiger partial charge < -0.3 is 25.6 Å². The highest BCUT2D eigenvalue weighted by Crippen LogP contribution is 2.54. The molecule has 1 aromatic heterocycles. The summed E-state index contributed by atoms with van der Waals surface area (Å²) in [6.45, 7) is 5.21. The first kappa shape index (κ1) is 33.0.